The highest BCUT2D eigenvalue weighted by Gasteiger charge is 2.65. The average molecular weight is 578 g/mol. The van der Waals surface area contributed by atoms with Gasteiger partial charge in [0.05, 0.1) is 12.4 Å². The molecule has 5 aliphatic rings. The smallest absolute Gasteiger partial charge is 0.302 e. The second kappa shape index (κ2) is 9.78. The van der Waals surface area contributed by atoms with Gasteiger partial charge in [-0.05, 0) is 86.4 Å². The summed E-state index contributed by atoms with van der Waals surface area (Å²) in [6.45, 7) is 12.9. The minimum Gasteiger partial charge on any atom is -0.498 e. The Kier molecular flexibility index (Phi) is 7.25. The number of rotatable bonds is 4. The zero-order valence-corrected chi connectivity index (χ0v) is 25.1. The number of allylic oxidation sites excluding steroid dienone is 2. The third kappa shape index (κ3) is 4.45. The molecule has 1 aliphatic heterocycles. The Balaban J connectivity index is 1.48. The maximum Gasteiger partial charge on any atom is 0.302 e. The maximum atomic E-state index is 14.0. The molecular weight excluding hydrogens is 532 g/mol. The predicted molar refractivity (Wildman–Crippen MR) is 146 cm³/mol. The summed E-state index contributed by atoms with van der Waals surface area (Å²) in [6.07, 6.45) is 7.17. The Bertz CT molecular complexity index is 1000. The van der Waals surface area contributed by atoms with E-state index in [-0.39, 0.29) is 52.4 Å². The van der Waals surface area contributed by atoms with Crippen molar-refractivity contribution in [2.75, 3.05) is 6.61 Å². The minimum absolute atomic E-state index is 0.0497. The Morgan fingerprint density at radius 1 is 1.08 bits per heavy atom. The molecule has 5 nitrogen and oxygen atoms in total. The number of hydrogen-bond donors (Lipinski definition) is 0. The van der Waals surface area contributed by atoms with Gasteiger partial charge >= 0.3 is 5.97 Å². The number of ether oxygens (including phenoxy) is 2. The number of hydrogen-bond acceptors (Lipinski definition) is 5. The van der Waals surface area contributed by atoms with Gasteiger partial charge in [-0.3, -0.25) is 14.4 Å². The van der Waals surface area contributed by atoms with E-state index in [4.69, 9.17) is 9.47 Å². The van der Waals surface area contributed by atoms with E-state index in [2.05, 4.69) is 36.7 Å². The highest BCUT2D eigenvalue weighted by molar-refractivity contribution is 9.09. The van der Waals surface area contributed by atoms with Crippen molar-refractivity contribution in [3.8, 4) is 0 Å². The van der Waals surface area contributed by atoms with Gasteiger partial charge in [-0.15, -0.1) is 0 Å². The largest absolute Gasteiger partial charge is 0.498 e. The van der Waals surface area contributed by atoms with Crippen LogP contribution in [0.1, 0.15) is 92.9 Å². The number of fused-ring (bicyclic) bond motifs is 5. The van der Waals surface area contributed by atoms with E-state index < -0.39 is 0 Å². The first kappa shape index (κ1) is 27.4. The van der Waals surface area contributed by atoms with Crippen LogP contribution < -0.4 is 0 Å². The molecule has 206 valence electrons. The van der Waals surface area contributed by atoms with E-state index in [0.717, 1.165) is 56.3 Å². The molecule has 0 N–H and O–H groups in total. The van der Waals surface area contributed by atoms with Gasteiger partial charge in [-0.2, -0.15) is 0 Å². The third-order valence-corrected chi connectivity index (χ3v) is 12.4. The molecule has 0 spiro atoms. The minimum atomic E-state index is -0.285. The van der Waals surface area contributed by atoms with E-state index in [1.165, 1.54) is 6.92 Å². The fraction of sp³-hybridized carbons (Fsp3) is 0.839. The lowest BCUT2D eigenvalue weighted by Crippen LogP contribution is -2.57. The molecule has 5 rings (SSSR count). The van der Waals surface area contributed by atoms with Gasteiger partial charge in [-0.25, -0.2) is 0 Å². The van der Waals surface area contributed by atoms with Crippen LogP contribution in [0.2, 0.25) is 0 Å². The highest BCUT2D eigenvalue weighted by Crippen LogP contribution is 2.68. The molecule has 1 heterocycles. The molecule has 0 bridgehead atoms. The molecule has 4 aliphatic carbocycles. The van der Waals surface area contributed by atoms with Crippen LogP contribution in [-0.2, 0) is 23.9 Å². The summed E-state index contributed by atoms with van der Waals surface area (Å²) in [5.74, 6) is 2.34. The summed E-state index contributed by atoms with van der Waals surface area (Å²) in [5.41, 5.74) is 0.727. The van der Waals surface area contributed by atoms with Crippen LogP contribution in [0.25, 0.3) is 0 Å². The zero-order chi connectivity index (χ0) is 26.9. The molecule has 0 saturated heterocycles. The Morgan fingerprint density at radius 2 is 1.78 bits per heavy atom. The number of carbonyl (C=O) groups excluding carboxylic acids is 3. The summed E-state index contributed by atoms with van der Waals surface area (Å²) >= 11 is 3.81. The molecule has 0 radical (unpaired) electrons. The van der Waals surface area contributed by atoms with E-state index in [1.807, 2.05) is 13.8 Å². The first-order valence-corrected chi connectivity index (χ1v) is 15.5. The van der Waals surface area contributed by atoms with Gasteiger partial charge in [0.15, 0.2) is 5.78 Å². The Hall–Kier alpha value is -1.17. The molecule has 6 heteroatoms. The molecule has 4 saturated carbocycles. The van der Waals surface area contributed by atoms with Gasteiger partial charge in [0.2, 0.25) is 0 Å². The van der Waals surface area contributed by atoms with E-state index >= 15 is 0 Å². The maximum absolute atomic E-state index is 14.0. The molecule has 0 aromatic rings. The predicted octanol–water partition coefficient (Wildman–Crippen LogP) is 6.67. The monoisotopic (exact) mass is 576 g/mol. The molecule has 11 atom stereocenters. The third-order valence-electron chi connectivity index (χ3n) is 11.6. The van der Waals surface area contributed by atoms with Crippen LogP contribution >= 0.6 is 15.9 Å². The van der Waals surface area contributed by atoms with Crippen LogP contribution in [-0.4, -0.2) is 35.1 Å². The van der Waals surface area contributed by atoms with Crippen molar-refractivity contribution >= 4 is 33.5 Å². The van der Waals surface area contributed by atoms with Crippen LogP contribution in [0.15, 0.2) is 11.3 Å². The van der Waals surface area contributed by atoms with Crippen molar-refractivity contribution < 1.29 is 23.9 Å². The number of halogens is 1. The van der Waals surface area contributed by atoms with Crippen LogP contribution in [0, 0.1) is 52.3 Å². The first-order valence-electron chi connectivity index (χ1n) is 14.6. The van der Waals surface area contributed by atoms with Gasteiger partial charge < -0.3 is 9.47 Å². The van der Waals surface area contributed by atoms with Gasteiger partial charge in [0.25, 0.3) is 0 Å². The Morgan fingerprint density at radius 3 is 2.49 bits per heavy atom. The first-order chi connectivity index (χ1) is 17.4. The lowest BCUT2D eigenvalue weighted by molar-refractivity contribution is -0.156. The van der Waals surface area contributed by atoms with Crippen LogP contribution in [0.5, 0.6) is 0 Å². The zero-order valence-electron chi connectivity index (χ0n) is 23.5. The van der Waals surface area contributed by atoms with Crippen molar-refractivity contribution in [3.63, 3.8) is 0 Å². The van der Waals surface area contributed by atoms with Crippen molar-refractivity contribution in [2.45, 2.75) is 104 Å². The fourth-order valence-electron chi connectivity index (χ4n) is 9.87. The van der Waals surface area contributed by atoms with Gasteiger partial charge in [0, 0.05) is 41.5 Å². The SMILES string of the molecule is CC(=O)O[C@H]1C[C@H]2[C@@H]3CC(=O)[C@H]4C[C@@H](Br)CC[C@]4(C)[C@H]3CC[C@]2(C)[C@H]1[C@H](C)C(=O)C1=C(C)OC[C@H](C)C1. The number of alkyl halides is 1. The van der Waals surface area contributed by atoms with Gasteiger partial charge in [0.1, 0.15) is 11.9 Å². The Labute approximate surface area is 231 Å². The van der Waals surface area contributed by atoms with E-state index in [0.29, 0.717) is 41.4 Å². The van der Waals surface area contributed by atoms with Crippen LogP contribution in [0.4, 0.5) is 0 Å². The second-order valence-corrected chi connectivity index (χ2v) is 15.0. The number of esters is 1. The van der Waals surface area contributed by atoms with Crippen LogP contribution in [0.3, 0.4) is 0 Å². The van der Waals surface area contributed by atoms with Gasteiger partial charge in [-0.1, -0.05) is 43.6 Å². The fourth-order valence-corrected chi connectivity index (χ4v) is 10.5. The number of carbonyl (C=O) groups is 3. The molecule has 0 aromatic carbocycles. The van der Waals surface area contributed by atoms with E-state index in [9.17, 15) is 14.4 Å². The van der Waals surface area contributed by atoms with Crippen molar-refractivity contribution in [1.82, 2.24) is 0 Å². The molecule has 37 heavy (non-hydrogen) atoms. The summed E-state index contributed by atoms with van der Waals surface area (Å²) < 4.78 is 11.9. The number of ketones is 2. The quantitative estimate of drug-likeness (QED) is 0.276. The average Bonchev–Trinajstić information content (AvgIpc) is 3.12. The molecule has 4 fully saturated rings. The molecular formula is C31H45BrO5. The molecule has 0 aromatic heterocycles. The summed E-state index contributed by atoms with van der Waals surface area (Å²) in [5, 5.41) is 0. The second-order valence-electron chi connectivity index (χ2n) is 13.7. The van der Waals surface area contributed by atoms with Crippen molar-refractivity contribution in [3.05, 3.63) is 11.3 Å². The molecule has 0 amide bonds. The topological polar surface area (TPSA) is 69.7 Å². The summed E-state index contributed by atoms with van der Waals surface area (Å²) in [7, 11) is 0. The lowest BCUT2D eigenvalue weighted by Gasteiger charge is -2.60. The van der Waals surface area contributed by atoms with E-state index in [1.54, 1.807) is 0 Å². The normalized spacial score (nSPS) is 46.3. The summed E-state index contributed by atoms with van der Waals surface area (Å²) in [4.78, 5) is 40.3. The highest BCUT2D eigenvalue weighted by atomic mass is 79.9. The van der Waals surface area contributed by atoms with Crippen molar-refractivity contribution in [1.29, 1.82) is 0 Å². The van der Waals surface area contributed by atoms with Crippen molar-refractivity contribution in [2.24, 2.45) is 52.3 Å². The standard InChI is InChI=1S/C31H45BrO5/c1-16-11-21(18(3)36-15-16)29(35)17(2)28-27(37-19(4)33)14-24-22-13-26(34)25-12-20(32)7-9-30(25,5)23(22)8-10-31(24,28)6/h16-17,20,22-25,27-28H,7-15H2,1-6H3/t16-,17+,20+,22-,23+,24+,25-,27+,28+,30-,31+/m1/s1. The summed E-state index contributed by atoms with van der Waals surface area (Å²) in [6, 6.07) is 0. The number of Topliss-reactive ketones (excluding diaryl/α,β-unsaturated/α-hetero) is 2. The lowest BCUT2D eigenvalue weighted by atomic mass is 9.44. The molecule has 0 unspecified atom stereocenters.